The van der Waals surface area contributed by atoms with E-state index in [0.717, 1.165) is 5.03 Å². The van der Waals surface area contributed by atoms with Crippen LogP contribution in [0.1, 0.15) is 0 Å². The van der Waals surface area contributed by atoms with Crippen LogP contribution in [0.15, 0.2) is 84.0 Å². The number of thioether (sulfide) groups is 1. The van der Waals surface area contributed by atoms with Gasteiger partial charge in [-0.05, 0) is 54.9 Å². The van der Waals surface area contributed by atoms with Gasteiger partial charge in [0.15, 0.2) is 5.11 Å². The fourth-order valence-electron chi connectivity index (χ4n) is 2.16. The zero-order valence-electron chi connectivity index (χ0n) is 14.9. The summed E-state index contributed by atoms with van der Waals surface area (Å²) in [5.41, 5.74) is 0.654. The predicted octanol–water partition coefficient (Wildman–Crippen LogP) is 5.36. The van der Waals surface area contributed by atoms with Gasteiger partial charge in [-0.1, -0.05) is 36.4 Å². The number of anilines is 1. The van der Waals surface area contributed by atoms with E-state index in [1.54, 1.807) is 54.7 Å². The van der Waals surface area contributed by atoms with Crippen LogP contribution in [0.5, 0.6) is 11.5 Å². The summed E-state index contributed by atoms with van der Waals surface area (Å²) < 4.78 is 24.6. The van der Waals surface area contributed by atoms with Crippen molar-refractivity contribution in [1.82, 2.24) is 10.1 Å². The number of hydrogen-bond acceptors (Lipinski definition) is 6. The average Bonchev–Trinajstić information content (AvgIpc) is 2.69. The van der Waals surface area contributed by atoms with Crippen LogP contribution in [-0.2, 0) is 4.57 Å². The number of benzene rings is 2. The monoisotopic (exact) mass is 431 g/mol. The standard InChI is InChI=1S/C19H18N3O3PS2/c1-28-18-13-12-15(14-20-18)21-19(27)22-26(23,24-16-8-4-2-5-9-16)25-17-10-6-3-7-11-17/h2-14H,1H3,(H2,21,22,23,27). The Labute approximate surface area is 173 Å². The quantitative estimate of drug-likeness (QED) is 0.294. The van der Waals surface area contributed by atoms with Crippen molar-refractivity contribution >= 4 is 42.5 Å². The molecule has 3 rings (SSSR count). The molecule has 6 nitrogen and oxygen atoms in total. The molecule has 2 N–H and O–H groups in total. The van der Waals surface area contributed by atoms with E-state index in [-0.39, 0.29) is 5.11 Å². The Hall–Kier alpha value is -2.54. The molecule has 0 aliphatic rings. The van der Waals surface area contributed by atoms with E-state index in [1.807, 2.05) is 30.5 Å². The molecule has 0 fully saturated rings. The molecule has 0 aliphatic carbocycles. The van der Waals surface area contributed by atoms with Crippen molar-refractivity contribution in [3.8, 4) is 11.5 Å². The second-order valence-electron chi connectivity index (χ2n) is 5.46. The van der Waals surface area contributed by atoms with Crippen LogP contribution >= 0.6 is 31.7 Å². The highest BCUT2D eigenvalue weighted by molar-refractivity contribution is 7.98. The third kappa shape index (κ3) is 5.99. The summed E-state index contributed by atoms with van der Waals surface area (Å²) in [4.78, 5) is 4.26. The van der Waals surface area contributed by atoms with E-state index in [0.29, 0.717) is 17.2 Å². The van der Waals surface area contributed by atoms with Crippen LogP contribution < -0.4 is 19.5 Å². The Bertz CT molecular complexity index is 912. The first-order valence-electron chi connectivity index (χ1n) is 8.25. The third-order valence-corrected chi connectivity index (χ3v) is 5.79. The molecular weight excluding hydrogens is 413 g/mol. The molecule has 0 bridgehead atoms. The third-order valence-electron chi connectivity index (χ3n) is 3.38. The molecule has 0 unspecified atom stereocenters. The summed E-state index contributed by atoms with van der Waals surface area (Å²) in [6, 6.07) is 21.2. The van der Waals surface area contributed by atoms with Crippen LogP contribution in [0.3, 0.4) is 0 Å². The summed E-state index contributed by atoms with van der Waals surface area (Å²) in [6.45, 7) is 0. The number of aromatic nitrogens is 1. The number of rotatable bonds is 7. The minimum absolute atomic E-state index is 0.0916. The number of thiocarbonyl (C=S) groups is 1. The van der Waals surface area contributed by atoms with Crippen LogP contribution in [0.25, 0.3) is 0 Å². The van der Waals surface area contributed by atoms with Gasteiger partial charge in [0.1, 0.15) is 11.5 Å². The summed E-state index contributed by atoms with van der Waals surface area (Å²) >= 11 is 6.83. The summed E-state index contributed by atoms with van der Waals surface area (Å²) in [7, 11) is -3.85. The number of pyridine rings is 1. The second kappa shape index (κ2) is 9.59. The minimum atomic E-state index is -3.85. The Morgan fingerprint density at radius 1 is 0.964 bits per heavy atom. The zero-order valence-corrected chi connectivity index (χ0v) is 17.5. The predicted molar refractivity (Wildman–Crippen MR) is 117 cm³/mol. The van der Waals surface area contributed by atoms with Gasteiger partial charge in [-0.3, -0.25) is 0 Å². The minimum Gasteiger partial charge on any atom is -0.400 e. The second-order valence-corrected chi connectivity index (χ2v) is 8.28. The van der Waals surface area contributed by atoms with Gasteiger partial charge in [-0.15, -0.1) is 11.8 Å². The van der Waals surface area contributed by atoms with Crippen molar-refractivity contribution in [2.45, 2.75) is 5.03 Å². The maximum atomic E-state index is 13.4. The largest absolute Gasteiger partial charge is 0.543 e. The molecule has 1 heterocycles. The van der Waals surface area contributed by atoms with E-state index < -0.39 is 7.75 Å². The number of hydrogen-bond donors (Lipinski definition) is 2. The van der Waals surface area contributed by atoms with Crippen LogP contribution in [0.4, 0.5) is 5.69 Å². The van der Waals surface area contributed by atoms with Crippen molar-refractivity contribution in [3.05, 3.63) is 79.0 Å². The van der Waals surface area contributed by atoms with E-state index in [2.05, 4.69) is 15.4 Å². The van der Waals surface area contributed by atoms with E-state index >= 15 is 0 Å². The molecule has 2 aromatic carbocycles. The molecule has 28 heavy (non-hydrogen) atoms. The highest BCUT2D eigenvalue weighted by atomic mass is 32.2. The van der Waals surface area contributed by atoms with E-state index in [1.165, 1.54) is 11.8 Å². The first-order chi connectivity index (χ1) is 13.6. The molecule has 9 heteroatoms. The van der Waals surface area contributed by atoms with Gasteiger partial charge in [-0.2, -0.15) is 0 Å². The molecule has 0 amide bonds. The van der Waals surface area contributed by atoms with E-state index in [9.17, 15) is 4.57 Å². The Morgan fingerprint density at radius 2 is 1.54 bits per heavy atom. The molecular formula is C19H18N3O3PS2. The molecule has 0 saturated carbocycles. The van der Waals surface area contributed by atoms with Crippen LogP contribution in [-0.4, -0.2) is 16.4 Å². The van der Waals surface area contributed by atoms with Gasteiger partial charge < -0.3 is 14.4 Å². The van der Waals surface area contributed by atoms with Crippen LogP contribution in [0.2, 0.25) is 0 Å². The molecule has 144 valence electrons. The smallest absolute Gasteiger partial charge is 0.400 e. The van der Waals surface area contributed by atoms with Gasteiger partial charge in [0.2, 0.25) is 0 Å². The van der Waals surface area contributed by atoms with Gasteiger partial charge >= 0.3 is 7.75 Å². The van der Waals surface area contributed by atoms with Gasteiger partial charge in [-0.25, -0.2) is 14.6 Å². The lowest BCUT2D eigenvalue weighted by atomic mass is 10.3. The average molecular weight is 431 g/mol. The van der Waals surface area contributed by atoms with E-state index in [4.69, 9.17) is 21.3 Å². The zero-order chi connectivity index (χ0) is 19.8. The lowest BCUT2D eigenvalue weighted by molar-refractivity contribution is 0.381. The summed E-state index contributed by atoms with van der Waals surface area (Å²) in [5.74, 6) is 0.783. The first kappa shape index (κ1) is 20.2. The molecule has 0 aliphatic heterocycles. The highest BCUT2D eigenvalue weighted by Gasteiger charge is 2.30. The lowest BCUT2D eigenvalue weighted by Gasteiger charge is -2.21. The highest BCUT2D eigenvalue weighted by Crippen LogP contribution is 2.44. The fraction of sp³-hybridized carbons (Fsp3) is 0.0526. The lowest BCUT2D eigenvalue weighted by Crippen LogP contribution is -2.29. The number of nitrogens with zero attached hydrogens (tertiary/aromatic N) is 1. The van der Waals surface area contributed by atoms with Crippen molar-refractivity contribution in [2.75, 3.05) is 11.6 Å². The van der Waals surface area contributed by atoms with Crippen molar-refractivity contribution in [1.29, 1.82) is 0 Å². The van der Waals surface area contributed by atoms with Gasteiger partial charge in [0.25, 0.3) is 0 Å². The van der Waals surface area contributed by atoms with Crippen LogP contribution in [0, 0.1) is 0 Å². The maximum Gasteiger partial charge on any atom is 0.543 e. The molecule has 0 saturated heterocycles. The van der Waals surface area contributed by atoms with Gasteiger partial charge in [0, 0.05) is 0 Å². The molecule has 0 atom stereocenters. The van der Waals surface area contributed by atoms with Crippen molar-refractivity contribution in [3.63, 3.8) is 0 Å². The molecule has 0 spiro atoms. The first-order valence-corrected chi connectivity index (χ1v) is 11.4. The number of nitrogens with one attached hydrogen (secondary N) is 2. The van der Waals surface area contributed by atoms with Gasteiger partial charge in [0.05, 0.1) is 16.9 Å². The topological polar surface area (TPSA) is 72.5 Å². The fourth-order valence-corrected chi connectivity index (χ4v) is 4.21. The Morgan fingerprint density at radius 3 is 2.00 bits per heavy atom. The van der Waals surface area contributed by atoms with Crippen molar-refractivity contribution < 1.29 is 13.6 Å². The summed E-state index contributed by atoms with van der Waals surface area (Å²) in [5, 5.41) is 6.58. The molecule has 0 radical (unpaired) electrons. The Balaban J connectivity index is 1.75. The number of para-hydroxylation sites is 2. The molecule has 1 aromatic heterocycles. The molecule has 3 aromatic rings. The van der Waals surface area contributed by atoms with Crippen molar-refractivity contribution in [2.24, 2.45) is 0 Å². The normalized spacial score (nSPS) is 10.8. The SMILES string of the molecule is CSc1ccc(NC(=S)NP(=O)(Oc2ccccc2)Oc2ccccc2)cn1. The summed E-state index contributed by atoms with van der Waals surface area (Å²) in [6.07, 6.45) is 3.58. The maximum absolute atomic E-state index is 13.4. The Kier molecular flexibility index (Phi) is 6.92.